The van der Waals surface area contributed by atoms with Crippen LogP contribution in [0.5, 0.6) is 0 Å². The first-order valence-electron chi connectivity index (χ1n) is 12.0. The Bertz CT molecular complexity index is 1160. The molecule has 5 rings (SSSR count). The Morgan fingerprint density at radius 3 is 2.75 bits per heavy atom. The molecule has 1 saturated heterocycles. The van der Waals surface area contributed by atoms with Gasteiger partial charge in [0.15, 0.2) is 0 Å². The maximum Gasteiger partial charge on any atom is 0.134 e. The Hall–Kier alpha value is -2.69. The van der Waals surface area contributed by atoms with E-state index in [1.165, 1.54) is 34.7 Å². The minimum absolute atomic E-state index is 0.493. The molecule has 1 N–H and O–H groups in total. The van der Waals surface area contributed by atoms with Crippen LogP contribution in [0.2, 0.25) is 0 Å². The fourth-order valence-corrected chi connectivity index (χ4v) is 5.01. The second-order valence-corrected chi connectivity index (χ2v) is 9.22. The predicted octanol–water partition coefficient (Wildman–Crippen LogP) is 5.90. The van der Waals surface area contributed by atoms with E-state index in [1.807, 2.05) is 18.3 Å². The van der Waals surface area contributed by atoms with Crippen LogP contribution in [0.4, 0.5) is 0 Å². The number of aromatic nitrogens is 1. The molecule has 1 aliphatic heterocycles. The van der Waals surface area contributed by atoms with Gasteiger partial charge in [-0.1, -0.05) is 44.2 Å². The molecule has 2 aromatic carbocycles. The maximum absolute atomic E-state index is 5.96. The second kappa shape index (κ2) is 9.43. The Morgan fingerprint density at radius 1 is 1.09 bits per heavy atom. The Kier molecular flexibility index (Phi) is 6.24. The SMILES string of the molecule is CCc1cnc2cccc(C(C)CN3CCC(NCc4cc5ccccc5o4)CC3)c2c1. The van der Waals surface area contributed by atoms with E-state index in [9.17, 15) is 0 Å². The number of nitrogens with one attached hydrogen (secondary N) is 1. The minimum atomic E-state index is 0.493. The number of rotatable bonds is 7. The molecule has 3 heterocycles. The van der Waals surface area contributed by atoms with Crippen molar-refractivity contribution in [3.05, 3.63) is 77.7 Å². The number of piperidine rings is 1. The highest BCUT2D eigenvalue weighted by molar-refractivity contribution is 5.83. The lowest BCUT2D eigenvalue weighted by Gasteiger charge is -2.34. The summed E-state index contributed by atoms with van der Waals surface area (Å²) in [6.07, 6.45) is 5.41. The van der Waals surface area contributed by atoms with E-state index in [0.717, 1.165) is 49.5 Å². The highest BCUT2D eigenvalue weighted by Gasteiger charge is 2.22. The van der Waals surface area contributed by atoms with Crippen LogP contribution < -0.4 is 5.32 Å². The van der Waals surface area contributed by atoms with Crippen LogP contribution in [0, 0.1) is 0 Å². The van der Waals surface area contributed by atoms with Gasteiger partial charge in [-0.05, 0) is 73.7 Å². The van der Waals surface area contributed by atoms with Gasteiger partial charge in [-0.2, -0.15) is 0 Å². The van der Waals surface area contributed by atoms with Crippen molar-refractivity contribution in [3.63, 3.8) is 0 Å². The molecule has 1 fully saturated rings. The lowest BCUT2D eigenvalue weighted by molar-refractivity contribution is 0.188. The van der Waals surface area contributed by atoms with Crippen molar-refractivity contribution in [2.75, 3.05) is 19.6 Å². The summed E-state index contributed by atoms with van der Waals surface area (Å²) in [7, 11) is 0. The summed E-state index contributed by atoms with van der Waals surface area (Å²) < 4.78 is 5.96. The van der Waals surface area contributed by atoms with Crippen LogP contribution in [0.3, 0.4) is 0 Å². The molecule has 4 nitrogen and oxygen atoms in total. The summed E-state index contributed by atoms with van der Waals surface area (Å²) in [6.45, 7) is 8.75. The van der Waals surface area contributed by atoms with Crippen molar-refractivity contribution in [2.24, 2.45) is 0 Å². The van der Waals surface area contributed by atoms with Crippen LogP contribution >= 0.6 is 0 Å². The molecule has 0 amide bonds. The molecule has 0 spiro atoms. The summed E-state index contributed by atoms with van der Waals surface area (Å²) in [5.41, 5.74) is 4.83. The van der Waals surface area contributed by atoms with E-state index in [2.05, 4.69) is 71.5 Å². The molecular weight excluding hydrogens is 394 g/mol. The van der Waals surface area contributed by atoms with Crippen molar-refractivity contribution in [3.8, 4) is 0 Å². The van der Waals surface area contributed by atoms with Crippen molar-refractivity contribution in [2.45, 2.75) is 51.6 Å². The molecule has 1 aliphatic rings. The molecule has 32 heavy (non-hydrogen) atoms. The number of pyridine rings is 1. The largest absolute Gasteiger partial charge is 0.460 e. The maximum atomic E-state index is 5.96. The summed E-state index contributed by atoms with van der Waals surface area (Å²) in [5, 5.41) is 6.22. The van der Waals surface area contributed by atoms with Crippen LogP contribution in [-0.4, -0.2) is 35.6 Å². The predicted molar refractivity (Wildman–Crippen MR) is 132 cm³/mol. The summed E-state index contributed by atoms with van der Waals surface area (Å²) in [4.78, 5) is 7.31. The highest BCUT2D eigenvalue weighted by atomic mass is 16.3. The van der Waals surface area contributed by atoms with Gasteiger partial charge in [-0.15, -0.1) is 0 Å². The van der Waals surface area contributed by atoms with E-state index in [1.54, 1.807) is 0 Å². The van der Waals surface area contributed by atoms with Gasteiger partial charge in [-0.25, -0.2) is 0 Å². The molecule has 0 aliphatic carbocycles. The molecule has 1 unspecified atom stereocenters. The van der Waals surface area contributed by atoms with Gasteiger partial charge in [0.05, 0.1) is 12.1 Å². The summed E-state index contributed by atoms with van der Waals surface area (Å²) in [5.74, 6) is 1.52. The molecule has 1 atom stereocenters. The van der Waals surface area contributed by atoms with Crippen LogP contribution in [0.25, 0.3) is 21.9 Å². The van der Waals surface area contributed by atoms with E-state index in [0.29, 0.717) is 12.0 Å². The van der Waals surface area contributed by atoms with Gasteiger partial charge in [0.25, 0.3) is 0 Å². The van der Waals surface area contributed by atoms with E-state index < -0.39 is 0 Å². The van der Waals surface area contributed by atoms with Crippen molar-refractivity contribution in [1.29, 1.82) is 0 Å². The van der Waals surface area contributed by atoms with Gasteiger partial charge in [0.1, 0.15) is 11.3 Å². The average molecular weight is 428 g/mol. The third kappa shape index (κ3) is 4.57. The first-order chi connectivity index (χ1) is 15.7. The average Bonchev–Trinajstić information content (AvgIpc) is 3.26. The second-order valence-electron chi connectivity index (χ2n) is 9.22. The first kappa shape index (κ1) is 21.2. The number of hydrogen-bond acceptors (Lipinski definition) is 4. The molecule has 166 valence electrons. The topological polar surface area (TPSA) is 41.3 Å². The molecular formula is C28H33N3O. The number of aryl methyl sites for hydroxylation is 1. The summed E-state index contributed by atoms with van der Waals surface area (Å²) >= 11 is 0. The van der Waals surface area contributed by atoms with E-state index in [-0.39, 0.29) is 0 Å². The lowest BCUT2D eigenvalue weighted by atomic mass is 9.94. The third-order valence-electron chi connectivity index (χ3n) is 6.92. The third-order valence-corrected chi connectivity index (χ3v) is 6.92. The number of hydrogen-bond donors (Lipinski definition) is 1. The quantitative estimate of drug-likeness (QED) is 0.399. The van der Waals surface area contributed by atoms with Crippen molar-refractivity contribution in [1.82, 2.24) is 15.2 Å². The van der Waals surface area contributed by atoms with Gasteiger partial charge < -0.3 is 14.6 Å². The standard InChI is InChI=1S/C28H33N3O/c1-3-21-15-26-25(8-6-9-27(26)30-17-21)20(2)19-31-13-11-23(12-14-31)29-18-24-16-22-7-4-5-10-28(22)32-24/h4-10,15-17,20,23,29H,3,11-14,18-19H2,1-2H3. The number of likely N-dealkylation sites (tertiary alicyclic amines) is 1. The zero-order valence-corrected chi connectivity index (χ0v) is 19.2. The van der Waals surface area contributed by atoms with Gasteiger partial charge in [0, 0.05) is 29.6 Å². The van der Waals surface area contributed by atoms with Gasteiger partial charge >= 0.3 is 0 Å². The monoisotopic (exact) mass is 427 g/mol. The molecule has 0 saturated carbocycles. The number of benzene rings is 2. The smallest absolute Gasteiger partial charge is 0.134 e. The van der Waals surface area contributed by atoms with Crippen molar-refractivity contribution >= 4 is 21.9 Å². The Labute approximate surface area is 190 Å². The fraction of sp³-hybridized carbons (Fsp3) is 0.393. The zero-order valence-electron chi connectivity index (χ0n) is 19.2. The molecule has 4 heteroatoms. The fourth-order valence-electron chi connectivity index (χ4n) is 5.01. The van der Waals surface area contributed by atoms with E-state index >= 15 is 0 Å². The van der Waals surface area contributed by atoms with Gasteiger partial charge in [0.2, 0.25) is 0 Å². The lowest BCUT2D eigenvalue weighted by Crippen LogP contribution is -2.43. The molecule has 4 aromatic rings. The first-order valence-corrected chi connectivity index (χ1v) is 12.0. The Morgan fingerprint density at radius 2 is 1.94 bits per heavy atom. The number of nitrogens with zero attached hydrogens (tertiary/aromatic N) is 2. The van der Waals surface area contributed by atoms with Crippen LogP contribution in [-0.2, 0) is 13.0 Å². The number of para-hydroxylation sites is 1. The van der Waals surface area contributed by atoms with Crippen LogP contribution in [0.15, 0.2) is 65.2 Å². The highest BCUT2D eigenvalue weighted by Crippen LogP contribution is 2.27. The minimum Gasteiger partial charge on any atom is -0.460 e. The molecule has 0 bridgehead atoms. The number of furan rings is 1. The van der Waals surface area contributed by atoms with E-state index in [4.69, 9.17) is 4.42 Å². The van der Waals surface area contributed by atoms with Crippen molar-refractivity contribution < 1.29 is 4.42 Å². The summed E-state index contributed by atoms with van der Waals surface area (Å²) in [6, 6.07) is 19.8. The zero-order chi connectivity index (χ0) is 21.9. The van der Waals surface area contributed by atoms with Gasteiger partial charge in [-0.3, -0.25) is 4.98 Å². The molecule has 0 radical (unpaired) electrons. The molecule has 2 aromatic heterocycles. The normalized spacial score (nSPS) is 16.7. The number of fused-ring (bicyclic) bond motifs is 2. The Balaban J connectivity index is 1.16. The van der Waals surface area contributed by atoms with Crippen LogP contribution in [0.1, 0.15) is 49.5 Å².